The van der Waals surface area contributed by atoms with Crippen molar-refractivity contribution in [2.24, 2.45) is 0 Å². The Labute approximate surface area is 111 Å². The van der Waals surface area contributed by atoms with E-state index in [9.17, 15) is 10.1 Å². The van der Waals surface area contributed by atoms with Gasteiger partial charge in [0.2, 0.25) is 0 Å². The van der Waals surface area contributed by atoms with Gasteiger partial charge < -0.3 is 10.1 Å². The number of nitro groups is 1. The number of thioether (sulfide) groups is 1. The number of nitrogens with zero attached hydrogens (tertiary/aromatic N) is 1. The molecule has 0 spiro atoms. The minimum Gasteiger partial charge on any atom is -0.487 e. The second-order valence-electron chi connectivity index (χ2n) is 3.78. The third kappa shape index (κ3) is 4.54. The number of hydrogen-bond acceptors (Lipinski definition) is 5. The van der Waals surface area contributed by atoms with Crippen LogP contribution in [0.5, 0.6) is 5.75 Å². The summed E-state index contributed by atoms with van der Waals surface area (Å²) < 4.78 is 5.50. The van der Waals surface area contributed by atoms with Crippen molar-refractivity contribution in [1.29, 1.82) is 0 Å². The highest BCUT2D eigenvalue weighted by Gasteiger charge is 2.15. The molecule has 0 saturated carbocycles. The molecule has 0 fully saturated rings. The Morgan fingerprint density at radius 2 is 2.28 bits per heavy atom. The van der Waals surface area contributed by atoms with Crippen LogP contribution in [0.4, 0.5) is 5.69 Å². The van der Waals surface area contributed by atoms with E-state index in [0.717, 1.165) is 17.7 Å². The monoisotopic (exact) mass is 270 g/mol. The minimum atomic E-state index is -0.410. The first kappa shape index (κ1) is 14.8. The molecule has 100 valence electrons. The van der Waals surface area contributed by atoms with E-state index in [1.165, 1.54) is 6.07 Å². The molecule has 0 aliphatic heterocycles. The molecular formula is C12H18N2O3S. The molecule has 0 aliphatic carbocycles. The van der Waals surface area contributed by atoms with E-state index >= 15 is 0 Å². The van der Waals surface area contributed by atoms with Crippen molar-refractivity contribution in [3.63, 3.8) is 0 Å². The SMILES string of the molecule is CNCc1ccc([N+](=O)[O-])c(OCCCSC)c1. The molecule has 0 radical (unpaired) electrons. The highest BCUT2D eigenvalue weighted by atomic mass is 32.2. The maximum Gasteiger partial charge on any atom is 0.310 e. The Hall–Kier alpha value is -1.27. The van der Waals surface area contributed by atoms with Crippen molar-refractivity contribution in [3.05, 3.63) is 33.9 Å². The maximum absolute atomic E-state index is 10.9. The predicted octanol–water partition coefficient (Wildman–Crippen LogP) is 2.45. The fourth-order valence-corrected chi connectivity index (χ4v) is 1.93. The van der Waals surface area contributed by atoms with Crippen LogP contribution in [0.15, 0.2) is 18.2 Å². The van der Waals surface area contributed by atoms with E-state index < -0.39 is 4.92 Å². The minimum absolute atomic E-state index is 0.0269. The third-order valence-corrected chi connectivity index (χ3v) is 3.05. The average Bonchev–Trinajstić information content (AvgIpc) is 2.35. The first-order valence-electron chi connectivity index (χ1n) is 5.72. The molecule has 1 rings (SSSR count). The highest BCUT2D eigenvalue weighted by molar-refractivity contribution is 7.98. The lowest BCUT2D eigenvalue weighted by molar-refractivity contribution is -0.385. The quantitative estimate of drug-likeness (QED) is 0.446. The summed E-state index contributed by atoms with van der Waals surface area (Å²) in [5, 5.41) is 13.9. The zero-order valence-corrected chi connectivity index (χ0v) is 11.5. The van der Waals surface area contributed by atoms with Crippen molar-refractivity contribution in [1.82, 2.24) is 5.32 Å². The van der Waals surface area contributed by atoms with Gasteiger partial charge in [-0.1, -0.05) is 6.07 Å². The lowest BCUT2D eigenvalue weighted by Crippen LogP contribution is -2.07. The Balaban J connectivity index is 2.76. The first-order valence-corrected chi connectivity index (χ1v) is 7.12. The summed E-state index contributed by atoms with van der Waals surface area (Å²) in [7, 11) is 1.83. The number of hydrogen-bond donors (Lipinski definition) is 1. The van der Waals surface area contributed by atoms with Gasteiger partial charge in [-0.2, -0.15) is 11.8 Å². The van der Waals surface area contributed by atoms with Gasteiger partial charge in [-0.3, -0.25) is 10.1 Å². The molecule has 0 bridgehead atoms. The van der Waals surface area contributed by atoms with Gasteiger partial charge >= 0.3 is 5.69 Å². The van der Waals surface area contributed by atoms with Gasteiger partial charge in [0.25, 0.3) is 0 Å². The Bertz CT molecular complexity index is 399. The van der Waals surface area contributed by atoms with Crippen LogP contribution >= 0.6 is 11.8 Å². The lowest BCUT2D eigenvalue weighted by Gasteiger charge is -2.08. The van der Waals surface area contributed by atoms with E-state index in [2.05, 4.69) is 5.32 Å². The molecule has 0 atom stereocenters. The van der Waals surface area contributed by atoms with Crippen LogP contribution in [0.2, 0.25) is 0 Å². The van der Waals surface area contributed by atoms with Crippen molar-refractivity contribution < 1.29 is 9.66 Å². The Kier molecular flexibility index (Phi) is 6.53. The number of nitrogens with one attached hydrogen (secondary N) is 1. The van der Waals surface area contributed by atoms with Crippen molar-refractivity contribution >= 4 is 17.4 Å². The number of ether oxygens (including phenoxy) is 1. The van der Waals surface area contributed by atoms with Crippen LogP contribution in [-0.2, 0) is 6.54 Å². The van der Waals surface area contributed by atoms with Gasteiger partial charge in [0.15, 0.2) is 5.75 Å². The van der Waals surface area contributed by atoms with Crippen LogP contribution in [-0.4, -0.2) is 30.6 Å². The van der Waals surface area contributed by atoms with Gasteiger partial charge in [0.1, 0.15) is 0 Å². The van der Waals surface area contributed by atoms with E-state index in [4.69, 9.17) is 4.74 Å². The molecule has 0 amide bonds. The first-order chi connectivity index (χ1) is 8.69. The largest absolute Gasteiger partial charge is 0.487 e. The second kappa shape index (κ2) is 7.94. The number of rotatable bonds is 8. The van der Waals surface area contributed by atoms with E-state index in [1.54, 1.807) is 23.9 Å². The summed E-state index contributed by atoms with van der Waals surface area (Å²) in [5.41, 5.74) is 1.00. The van der Waals surface area contributed by atoms with Crippen molar-refractivity contribution in [2.75, 3.05) is 25.7 Å². The second-order valence-corrected chi connectivity index (χ2v) is 4.77. The van der Waals surface area contributed by atoms with Gasteiger partial charge in [-0.05, 0) is 37.1 Å². The van der Waals surface area contributed by atoms with Gasteiger partial charge in [-0.15, -0.1) is 0 Å². The fourth-order valence-electron chi connectivity index (χ4n) is 1.52. The molecule has 1 N–H and O–H groups in total. The lowest BCUT2D eigenvalue weighted by atomic mass is 10.2. The molecule has 0 unspecified atom stereocenters. The van der Waals surface area contributed by atoms with Gasteiger partial charge in [0.05, 0.1) is 11.5 Å². The average molecular weight is 270 g/mol. The number of benzene rings is 1. The normalized spacial score (nSPS) is 10.3. The highest BCUT2D eigenvalue weighted by Crippen LogP contribution is 2.28. The molecule has 0 aliphatic rings. The number of nitro benzene ring substituents is 1. The summed E-state index contributed by atoms with van der Waals surface area (Å²) in [4.78, 5) is 10.5. The zero-order chi connectivity index (χ0) is 13.4. The molecule has 1 aromatic carbocycles. The molecule has 18 heavy (non-hydrogen) atoms. The molecular weight excluding hydrogens is 252 g/mol. The zero-order valence-electron chi connectivity index (χ0n) is 10.6. The van der Waals surface area contributed by atoms with E-state index in [-0.39, 0.29) is 5.69 Å². The molecule has 0 aromatic heterocycles. The van der Waals surface area contributed by atoms with Gasteiger partial charge in [-0.25, -0.2) is 0 Å². The summed E-state index contributed by atoms with van der Waals surface area (Å²) in [6, 6.07) is 4.97. The third-order valence-electron chi connectivity index (χ3n) is 2.35. The van der Waals surface area contributed by atoms with Crippen LogP contribution < -0.4 is 10.1 Å². The molecule has 6 heteroatoms. The van der Waals surface area contributed by atoms with Gasteiger partial charge in [0, 0.05) is 12.6 Å². The maximum atomic E-state index is 10.9. The molecule has 5 nitrogen and oxygen atoms in total. The summed E-state index contributed by atoms with van der Waals surface area (Å²) in [6.07, 6.45) is 2.91. The Morgan fingerprint density at radius 1 is 1.50 bits per heavy atom. The molecule has 0 saturated heterocycles. The van der Waals surface area contributed by atoms with E-state index in [0.29, 0.717) is 18.9 Å². The predicted molar refractivity (Wildman–Crippen MR) is 74.4 cm³/mol. The molecule has 1 aromatic rings. The summed E-state index contributed by atoms with van der Waals surface area (Å²) in [6.45, 7) is 1.17. The van der Waals surface area contributed by atoms with E-state index in [1.807, 2.05) is 13.3 Å². The Morgan fingerprint density at radius 3 is 2.89 bits per heavy atom. The van der Waals surface area contributed by atoms with Crippen molar-refractivity contribution in [3.8, 4) is 5.75 Å². The standard InChI is InChI=1S/C12H18N2O3S/c1-13-9-10-4-5-11(14(15)16)12(8-10)17-6-3-7-18-2/h4-5,8,13H,3,6-7,9H2,1-2H3. The van der Waals surface area contributed by atoms with Crippen LogP contribution in [0, 0.1) is 10.1 Å². The van der Waals surface area contributed by atoms with Crippen LogP contribution in [0.25, 0.3) is 0 Å². The van der Waals surface area contributed by atoms with Crippen LogP contribution in [0.3, 0.4) is 0 Å². The summed E-state index contributed by atoms with van der Waals surface area (Å²) >= 11 is 1.73. The smallest absolute Gasteiger partial charge is 0.310 e. The summed E-state index contributed by atoms with van der Waals surface area (Å²) in [5.74, 6) is 1.35. The fraction of sp³-hybridized carbons (Fsp3) is 0.500. The topological polar surface area (TPSA) is 64.4 Å². The van der Waals surface area contributed by atoms with Crippen LogP contribution in [0.1, 0.15) is 12.0 Å². The molecule has 0 heterocycles. The van der Waals surface area contributed by atoms with Crippen molar-refractivity contribution in [2.45, 2.75) is 13.0 Å².